The summed E-state index contributed by atoms with van der Waals surface area (Å²) in [5, 5.41) is 0.395. The summed E-state index contributed by atoms with van der Waals surface area (Å²) in [4.78, 5) is 11.3. The minimum atomic E-state index is -0.0626. The molecule has 2 aromatic carbocycles. The summed E-state index contributed by atoms with van der Waals surface area (Å²) in [6.07, 6.45) is 0. The molecule has 0 amide bonds. The van der Waals surface area contributed by atoms with Gasteiger partial charge in [-0.25, -0.2) is 0 Å². The highest BCUT2D eigenvalue weighted by Crippen LogP contribution is 2.31. The van der Waals surface area contributed by atoms with Crippen molar-refractivity contribution >= 4 is 33.3 Å². The second kappa shape index (κ2) is 5.55. The quantitative estimate of drug-likeness (QED) is 0.734. The molecule has 0 spiro atoms. The van der Waals surface area contributed by atoms with Gasteiger partial charge < -0.3 is 4.74 Å². The Morgan fingerprint density at radius 3 is 2.56 bits per heavy atom. The Balaban J connectivity index is 2.29. The molecule has 0 aliphatic heterocycles. The van der Waals surface area contributed by atoms with Crippen LogP contribution in [0.2, 0.25) is 5.02 Å². The van der Waals surface area contributed by atoms with Gasteiger partial charge in [0.05, 0.1) is 9.50 Å². The zero-order valence-electron chi connectivity index (χ0n) is 9.61. The average molecular weight is 326 g/mol. The second-order valence-corrected chi connectivity index (χ2v) is 4.99. The van der Waals surface area contributed by atoms with Gasteiger partial charge in [0.1, 0.15) is 11.5 Å². The van der Waals surface area contributed by atoms with Crippen molar-refractivity contribution in [2.24, 2.45) is 0 Å². The largest absolute Gasteiger partial charge is 0.456 e. The number of ketones is 1. The lowest BCUT2D eigenvalue weighted by molar-refractivity contribution is 0.101. The van der Waals surface area contributed by atoms with Crippen LogP contribution in [0.25, 0.3) is 0 Å². The van der Waals surface area contributed by atoms with Gasteiger partial charge in [-0.2, -0.15) is 0 Å². The first-order chi connectivity index (χ1) is 8.58. The third kappa shape index (κ3) is 2.92. The number of carbonyl (C=O) groups excluding carboxylic acids is 1. The molecule has 2 nitrogen and oxygen atoms in total. The molecule has 92 valence electrons. The molecule has 18 heavy (non-hydrogen) atoms. The second-order valence-electron chi connectivity index (χ2n) is 3.73. The predicted molar refractivity (Wildman–Crippen MR) is 75.7 cm³/mol. The number of ether oxygens (including phenoxy) is 1. The summed E-state index contributed by atoms with van der Waals surface area (Å²) in [7, 11) is 0. The summed E-state index contributed by atoms with van der Waals surface area (Å²) >= 11 is 9.42. The van der Waals surface area contributed by atoms with Crippen LogP contribution in [0.3, 0.4) is 0 Å². The first kappa shape index (κ1) is 13.1. The smallest absolute Gasteiger partial charge is 0.161 e. The van der Waals surface area contributed by atoms with Crippen molar-refractivity contribution < 1.29 is 9.53 Å². The fraction of sp³-hybridized carbons (Fsp3) is 0.0714. The summed E-state index contributed by atoms with van der Waals surface area (Å²) < 4.78 is 6.54. The minimum Gasteiger partial charge on any atom is -0.456 e. The maximum atomic E-state index is 11.3. The van der Waals surface area contributed by atoms with Crippen LogP contribution in [-0.2, 0) is 0 Å². The number of Topliss-reactive ketones (excluding diaryl/α,β-unsaturated/α-hetero) is 1. The van der Waals surface area contributed by atoms with Crippen LogP contribution in [0.1, 0.15) is 17.3 Å². The topological polar surface area (TPSA) is 26.3 Å². The summed E-state index contributed by atoms with van der Waals surface area (Å²) in [6.45, 7) is 1.48. The number of para-hydroxylation sites is 1. The Kier molecular flexibility index (Phi) is 4.04. The van der Waals surface area contributed by atoms with Crippen LogP contribution in [0, 0.1) is 0 Å². The number of carbonyl (C=O) groups is 1. The van der Waals surface area contributed by atoms with E-state index in [0.29, 0.717) is 22.1 Å². The van der Waals surface area contributed by atoms with Crippen LogP contribution >= 0.6 is 27.5 Å². The van der Waals surface area contributed by atoms with E-state index in [1.807, 2.05) is 24.3 Å². The summed E-state index contributed by atoms with van der Waals surface area (Å²) in [5.74, 6) is 1.23. The Hall–Kier alpha value is -1.32. The lowest BCUT2D eigenvalue weighted by Crippen LogP contribution is -1.94. The van der Waals surface area contributed by atoms with Crippen molar-refractivity contribution in [3.63, 3.8) is 0 Å². The maximum absolute atomic E-state index is 11.3. The van der Waals surface area contributed by atoms with Gasteiger partial charge in [0.25, 0.3) is 0 Å². The van der Waals surface area contributed by atoms with Crippen molar-refractivity contribution in [1.82, 2.24) is 0 Å². The van der Waals surface area contributed by atoms with Crippen LogP contribution < -0.4 is 4.74 Å². The molecular weight excluding hydrogens is 316 g/mol. The molecule has 0 N–H and O–H groups in total. The van der Waals surface area contributed by atoms with E-state index >= 15 is 0 Å². The maximum Gasteiger partial charge on any atom is 0.161 e. The predicted octanol–water partition coefficient (Wildman–Crippen LogP) is 5.10. The fourth-order valence-electron chi connectivity index (χ4n) is 1.50. The van der Waals surface area contributed by atoms with Crippen molar-refractivity contribution in [2.45, 2.75) is 6.92 Å². The molecule has 0 aliphatic rings. The normalized spacial score (nSPS) is 10.2. The molecule has 0 atom stereocenters. The highest BCUT2D eigenvalue weighted by atomic mass is 79.9. The SMILES string of the molecule is CC(=O)c1ccc(Oc2ccccc2Br)cc1Cl. The highest BCUT2D eigenvalue weighted by Gasteiger charge is 2.08. The Bertz CT molecular complexity index is 596. The van der Waals surface area contributed by atoms with Crippen molar-refractivity contribution in [1.29, 1.82) is 0 Å². The number of halogens is 2. The van der Waals surface area contributed by atoms with E-state index in [1.54, 1.807) is 18.2 Å². The standard InChI is InChI=1S/C14H10BrClO2/c1-9(17)11-7-6-10(8-13(11)16)18-14-5-3-2-4-12(14)15/h2-8H,1H3. The monoisotopic (exact) mass is 324 g/mol. The van der Waals surface area contributed by atoms with Gasteiger partial charge in [-0.15, -0.1) is 0 Å². The summed E-state index contributed by atoms with van der Waals surface area (Å²) in [6, 6.07) is 12.5. The summed E-state index contributed by atoms with van der Waals surface area (Å²) in [5.41, 5.74) is 0.496. The van der Waals surface area contributed by atoms with Crippen molar-refractivity contribution in [3.05, 3.63) is 57.5 Å². The van der Waals surface area contributed by atoms with E-state index in [1.165, 1.54) is 6.92 Å². The molecule has 0 aromatic heterocycles. The third-order valence-electron chi connectivity index (χ3n) is 2.38. The van der Waals surface area contributed by atoms with E-state index in [2.05, 4.69) is 15.9 Å². The van der Waals surface area contributed by atoms with Crippen LogP contribution in [0.5, 0.6) is 11.5 Å². The lowest BCUT2D eigenvalue weighted by atomic mass is 10.1. The van der Waals surface area contributed by atoms with Gasteiger partial charge in [-0.05, 0) is 47.1 Å². The highest BCUT2D eigenvalue weighted by molar-refractivity contribution is 9.10. The zero-order valence-corrected chi connectivity index (χ0v) is 12.0. The van der Waals surface area contributed by atoms with Gasteiger partial charge in [0.2, 0.25) is 0 Å². The van der Waals surface area contributed by atoms with Crippen LogP contribution in [0.4, 0.5) is 0 Å². The molecule has 0 saturated heterocycles. The Labute approximate surface area is 119 Å². The van der Waals surface area contributed by atoms with Crippen molar-refractivity contribution in [2.75, 3.05) is 0 Å². The minimum absolute atomic E-state index is 0.0626. The molecule has 4 heteroatoms. The van der Waals surface area contributed by atoms with Gasteiger partial charge >= 0.3 is 0 Å². The first-order valence-corrected chi connectivity index (χ1v) is 6.48. The van der Waals surface area contributed by atoms with Crippen LogP contribution in [-0.4, -0.2) is 5.78 Å². The van der Waals surface area contributed by atoms with Gasteiger partial charge in [0.15, 0.2) is 5.78 Å². The molecule has 0 bridgehead atoms. The molecule has 0 saturated carbocycles. The average Bonchev–Trinajstić information content (AvgIpc) is 2.32. The molecule has 0 unspecified atom stereocenters. The number of hydrogen-bond donors (Lipinski definition) is 0. The van der Waals surface area contributed by atoms with E-state index in [-0.39, 0.29) is 5.78 Å². The molecule has 2 rings (SSSR count). The van der Waals surface area contributed by atoms with E-state index in [0.717, 1.165) is 4.47 Å². The molecule has 0 fully saturated rings. The van der Waals surface area contributed by atoms with E-state index in [9.17, 15) is 4.79 Å². The molecule has 2 aromatic rings. The zero-order chi connectivity index (χ0) is 13.1. The van der Waals surface area contributed by atoms with Gasteiger partial charge in [0, 0.05) is 11.6 Å². The third-order valence-corrected chi connectivity index (χ3v) is 3.35. The van der Waals surface area contributed by atoms with Gasteiger partial charge in [-0.3, -0.25) is 4.79 Å². The molecular formula is C14H10BrClO2. The number of benzene rings is 2. The Morgan fingerprint density at radius 1 is 1.22 bits per heavy atom. The van der Waals surface area contributed by atoms with Gasteiger partial charge in [-0.1, -0.05) is 23.7 Å². The molecule has 0 heterocycles. The van der Waals surface area contributed by atoms with E-state index < -0.39 is 0 Å². The molecule has 0 radical (unpaired) electrons. The molecule has 0 aliphatic carbocycles. The number of rotatable bonds is 3. The van der Waals surface area contributed by atoms with Crippen molar-refractivity contribution in [3.8, 4) is 11.5 Å². The van der Waals surface area contributed by atoms with Crippen LogP contribution in [0.15, 0.2) is 46.9 Å². The first-order valence-electron chi connectivity index (χ1n) is 5.31. The fourth-order valence-corrected chi connectivity index (χ4v) is 2.17. The Morgan fingerprint density at radius 2 is 1.94 bits per heavy atom. The lowest BCUT2D eigenvalue weighted by Gasteiger charge is -2.08. The number of hydrogen-bond acceptors (Lipinski definition) is 2. The van der Waals surface area contributed by atoms with E-state index in [4.69, 9.17) is 16.3 Å².